The predicted octanol–water partition coefficient (Wildman–Crippen LogP) is 10.7. The number of ether oxygens (including phenoxy) is 1. The normalized spacial score (nSPS) is 17.9. The van der Waals surface area contributed by atoms with Crippen molar-refractivity contribution in [3.05, 3.63) is 147 Å². The molecule has 1 unspecified atom stereocenters. The van der Waals surface area contributed by atoms with E-state index >= 15 is 0 Å². The number of carbonyl (C=O) groups is 1. The first-order valence-corrected chi connectivity index (χ1v) is 17.6. The van der Waals surface area contributed by atoms with E-state index in [9.17, 15) is 4.79 Å². The van der Waals surface area contributed by atoms with Crippen molar-refractivity contribution in [2.75, 3.05) is 20.7 Å². The summed E-state index contributed by atoms with van der Waals surface area (Å²) in [5.74, 6) is 1.92. The average molecular weight is 699 g/mol. The van der Waals surface area contributed by atoms with Crippen molar-refractivity contribution < 1.29 is 9.53 Å². The number of nitrogens with one attached hydrogen (secondary N) is 1. The van der Waals surface area contributed by atoms with E-state index in [1.54, 1.807) is 26.2 Å². The number of aldehydes is 1. The number of fused-ring (bicyclic) bond motifs is 3. The van der Waals surface area contributed by atoms with E-state index in [0.717, 1.165) is 60.5 Å². The average Bonchev–Trinajstić information content (AvgIpc) is 3.55. The third kappa shape index (κ3) is 12.0. The van der Waals surface area contributed by atoms with Gasteiger partial charge in [-0.05, 0) is 110 Å². The number of nitrogens with zero attached hydrogens (tertiary/aromatic N) is 2. The number of benzene rings is 2. The van der Waals surface area contributed by atoms with E-state index in [4.69, 9.17) is 32.9 Å². The summed E-state index contributed by atoms with van der Waals surface area (Å²) >= 11 is 12.1. The molecule has 1 aromatic heterocycles. The van der Waals surface area contributed by atoms with Gasteiger partial charge in [0.1, 0.15) is 17.9 Å². The lowest BCUT2D eigenvalue weighted by molar-refractivity contribution is -0.108. The highest BCUT2D eigenvalue weighted by molar-refractivity contribution is 6.34. The van der Waals surface area contributed by atoms with E-state index in [2.05, 4.69) is 78.2 Å². The van der Waals surface area contributed by atoms with Crippen LogP contribution in [0.5, 0.6) is 5.75 Å². The van der Waals surface area contributed by atoms with Gasteiger partial charge in [-0.25, -0.2) is 4.98 Å². The molecule has 5 nitrogen and oxygen atoms in total. The smallest absolute Gasteiger partial charge is 0.139 e. The molecule has 0 saturated carbocycles. The van der Waals surface area contributed by atoms with Gasteiger partial charge in [-0.2, -0.15) is 0 Å². The van der Waals surface area contributed by atoms with Gasteiger partial charge in [0.2, 0.25) is 0 Å². The Morgan fingerprint density at radius 1 is 1.06 bits per heavy atom. The van der Waals surface area contributed by atoms with Crippen LogP contribution < -0.4 is 10.1 Å². The zero-order valence-electron chi connectivity index (χ0n) is 29.5. The Hall–Kier alpha value is -4.16. The molecule has 5 rings (SSSR count). The molecular formula is C42H49Cl2N3O2. The summed E-state index contributed by atoms with van der Waals surface area (Å²) in [5, 5.41) is 4.26. The second kappa shape index (κ2) is 21.0. The van der Waals surface area contributed by atoms with Gasteiger partial charge in [0, 0.05) is 22.2 Å². The molecule has 258 valence electrons. The molecule has 0 amide bonds. The highest BCUT2D eigenvalue weighted by atomic mass is 35.5. The topological polar surface area (TPSA) is 56.1 Å². The van der Waals surface area contributed by atoms with Crippen LogP contribution in [0.25, 0.3) is 17.2 Å². The quantitative estimate of drug-likeness (QED) is 0.130. The third-order valence-corrected chi connectivity index (χ3v) is 8.15. The van der Waals surface area contributed by atoms with Crippen LogP contribution in [0, 0.1) is 0 Å². The molecule has 1 heterocycles. The minimum Gasteiger partial charge on any atom is -0.497 e. The van der Waals surface area contributed by atoms with Crippen LogP contribution in [0.2, 0.25) is 0 Å². The molecule has 0 fully saturated rings. The Kier molecular flexibility index (Phi) is 16.9. The largest absolute Gasteiger partial charge is 0.497 e. The van der Waals surface area contributed by atoms with E-state index in [1.165, 1.54) is 22.3 Å². The number of rotatable bonds is 10. The molecule has 1 atom stereocenters. The number of halogens is 2. The Balaban J connectivity index is 0.000000390. The van der Waals surface area contributed by atoms with Crippen LogP contribution >= 0.6 is 23.2 Å². The highest BCUT2D eigenvalue weighted by Crippen LogP contribution is 2.40. The molecule has 2 bridgehead atoms. The monoisotopic (exact) mass is 697 g/mol. The number of allylic oxidation sites excluding steroid dienone is 13. The fraction of sp³-hybridized carbons (Fsp3) is 0.286. The zero-order valence-corrected chi connectivity index (χ0v) is 31.1. The van der Waals surface area contributed by atoms with Crippen molar-refractivity contribution in [3.63, 3.8) is 0 Å². The first-order valence-electron chi connectivity index (χ1n) is 16.9. The molecule has 49 heavy (non-hydrogen) atoms. The number of hydrogen-bond donors (Lipinski definition) is 1. The summed E-state index contributed by atoms with van der Waals surface area (Å²) < 4.78 is 7.00. The maximum Gasteiger partial charge on any atom is 0.139 e. The molecule has 0 saturated heterocycles. The van der Waals surface area contributed by atoms with Crippen LogP contribution in [0.1, 0.15) is 74.7 Å². The van der Waals surface area contributed by atoms with Crippen LogP contribution in [-0.2, 0) is 17.8 Å². The minimum absolute atomic E-state index is 0.228. The van der Waals surface area contributed by atoms with Gasteiger partial charge >= 0.3 is 0 Å². The second-order valence-corrected chi connectivity index (χ2v) is 12.4. The van der Waals surface area contributed by atoms with Gasteiger partial charge in [0.25, 0.3) is 0 Å². The lowest BCUT2D eigenvalue weighted by Crippen LogP contribution is -2.10. The van der Waals surface area contributed by atoms with Gasteiger partial charge in [0.15, 0.2) is 0 Å². The summed E-state index contributed by atoms with van der Waals surface area (Å²) in [5.41, 5.74) is 7.79. The van der Waals surface area contributed by atoms with Crippen molar-refractivity contribution in [1.82, 2.24) is 14.9 Å². The van der Waals surface area contributed by atoms with Crippen molar-refractivity contribution >= 4 is 46.7 Å². The lowest BCUT2D eigenvalue weighted by atomic mass is 9.80. The Morgan fingerprint density at radius 2 is 1.84 bits per heavy atom. The van der Waals surface area contributed by atoms with Gasteiger partial charge in [-0.15, -0.1) is 0 Å². The Labute approximate surface area is 303 Å². The fourth-order valence-corrected chi connectivity index (χ4v) is 5.79. The molecule has 7 heteroatoms. The summed E-state index contributed by atoms with van der Waals surface area (Å²) in [6.07, 6.45) is 24.7. The van der Waals surface area contributed by atoms with E-state index in [0.29, 0.717) is 10.1 Å². The molecule has 0 spiro atoms. The second-order valence-electron chi connectivity index (χ2n) is 11.3. The van der Waals surface area contributed by atoms with Crippen molar-refractivity contribution in [2.24, 2.45) is 0 Å². The van der Waals surface area contributed by atoms with Crippen LogP contribution in [0.3, 0.4) is 0 Å². The maximum absolute atomic E-state index is 11.4. The number of aromatic nitrogens is 2. The van der Waals surface area contributed by atoms with Gasteiger partial charge in [-0.1, -0.05) is 110 Å². The molecule has 2 aliphatic rings. The van der Waals surface area contributed by atoms with Gasteiger partial charge in [-0.3, -0.25) is 0 Å². The van der Waals surface area contributed by atoms with E-state index in [-0.39, 0.29) is 12.5 Å². The summed E-state index contributed by atoms with van der Waals surface area (Å²) in [7, 11) is 3.65. The van der Waals surface area contributed by atoms with E-state index in [1.807, 2.05) is 56.8 Å². The summed E-state index contributed by atoms with van der Waals surface area (Å²) in [4.78, 5) is 16.3. The molecular weight excluding hydrogens is 649 g/mol. The van der Waals surface area contributed by atoms with Crippen molar-refractivity contribution in [3.8, 4) is 5.75 Å². The van der Waals surface area contributed by atoms with Crippen molar-refractivity contribution in [2.45, 2.75) is 59.4 Å². The molecule has 2 aliphatic carbocycles. The summed E-state index contributed by atoms with van der Waals surface area (Å²) in [6.45, 7) is 8.98. The zero-order chi connectivity index (χ0) is 35.6. The van der Waals surface area contributed by atoms with Gasteiger partial charge < -0.3 is 19.4 Å². The van der Waals surface area contributed by atoms with E-state index < -0.39 is 0 Å². The number of hydrogen-bond acceptors (Lipinski definition) is 4. The maximum atomic E-state index is 11.4. The number of likely N-dealkylation sites (N-methyl/N-ethyl adjacent to an activating group) is 1. The first-order chi connectivity index (χ1) is 23.8. The standard InChI is InChI=1S/C30H28Cl2N2O.C10H15NO.C2H6/c1-21(13-14-25(32)17-22(2)31)29-20-34(15-16-35)30(33-29)19-28-24-10-6-4-3-5-9-23(18-24)26-11-7-8-12-27(26)28;1-11-7-6-9-4-3-5-10(8-9)12-2;1-2/h5-14,16-20,23H,3-4,15H2,1-2H3;3-5,8,11H,6-7H2,1-2H3;1-2H3/b9-5-,10-6-,21-13+,22-17+,25-14+,28-19+;;. The Morgan fingerprint density at radius 3 is 2.57 bits per heavy atom. The van der Waals surface area contributed by atoms with Crippen LogP contribution in [0.4, 0.5) is 0 Å². The fourth-order valence-electron chi connectivity index (χ4n) is 5.39. The predicted molar refractivity (Wildman–Crippen MR) is 210 cm³/mol. The molecule has 0 radical (unpaired) electrons. The van der Waals surface area contributed by atoms with Crippen LogP contribution in [-0.4, -0.2) is 36.5 Å². The number of imidazole rings is 1. The number of carbonyl (C=O) groups excluding carboxylic acids is 1. The highest BCUT2D eigenvalue weighted by Gasteiger charge is 2.22. The van der Waals surface area contributed by atoms with Gasteiger partial charge in [0.05, 0.1) is 19.3 Å². The Bertz CT molecular complexity index is 1750. The third-order valence-electron chi connectivity index (χ3n) is 7.80. The molecule has 3 aromatic rings. The molecule has 2 aromatic carbocycles. The van der Waals surface area contributed by atoms with Crippen molar-refractivity contribution in [1.29, 1.82) is 0 Å². The molecule has 1 N–H and O–H groups in total. The minimum atomic E-state index is 0.228. The number of methoxy groups -OCH3 is 1. The SMILES string of the molecule is CC.CNCCc1cccc(OC)c1.C\C(Cl)=C/C(Cl)=C\C=C(/C)c1cn(CC=O)c(/C=C2\C3=CC(/C=C\CC/C=C\3)c3ccccc32)n1. The lowest BCUT2D eigenvalue weighted by Gasteiger charge is -2.24. The van der Waals surface area contributed by atoms with Crippen LogP contribution in [0.15, 0.2) is 119 Å². The first kappa shape index (κ1) is 39.3. The summed E-state index contributed by atoms with van der Waals surface area (Å²) in [6, 6.07) is 16.7. The molecule has 0 aliphatic heterocycles.